The molecule has 0 saturated carbocycles. The van der Waals surface area contributed by atoms with Crippen molar-refractivity contribution in [3.8, 4) is 5.88 Å². The average Bonchev–Trinajstić information content (AvgIpc) is 3.13. The molecule has 0 saturated heterocycles. The van der Waals surface area contributed by atoms with Crippen LogP contribution in [0.2, 0.25) is 0 Å². The molecule has 0 aliphatic heterocycles. The summed E-state index contributed by atoms with van der Waals surface area (Å²) in [6, 6.07) is 1.65. The maximum atomic E-state index is 12.3. The molecule has 1 aliphatic carbocycles. The predicted molar refractivity (Wildman–Crippen MR) is 87.1 cm³/mol. The fourth-order valence-electron chi connectivity index (χ4n) is 3.19. The van der Waals surface area contributed by atoms with Crippen molar-refractivity contribution in [2.75, 3.05) is 13.2 Å². The number of fused-ring (bicyclic) bond motifs is 1. The highest BCUT2D eigenvalue weighted by atomic mass is 16.5. The number of H-pyrrole nitrogens is 1. The van der Waals surface area contributed by atoms with Gasteiger partial charge in [0, 0.05) is 30.8 Å². The van der Waals surface area contributed by atoms with Crippen molar-refractivity contribution in [1.29, 1.82) is 0 Å². The Kier molecular flexibility index (Phi) is 4.84. The maximum absolute atomic E-state index is 12.3. The molecule has 1 atom stereocenters. The van der Waals surface area contributed by atoms with E-state index in [1.807, 2.05) is 13.8 Å². The maximum Gasteiger partial charge on any atom is 0.269 e. The van der Waals surface area contributed by atoms with E-state index in [-0.39, 0.29) is 18.6 Å². The molecule has 2 aromatic heterocycles. The van der Waals surface area contributed by atoms with Gasteiger partial charge in [0.2, 0.25) is 5.88 Å². The Hall–Kier alpha value is -2.35. The summed E-state index contributed by atoms with van der Waals surface area (Å²) >= 11 is 0. The Morgan fingerprint density at radius 2 is 2.42 bits per heavy atom. The Bertz CT molecular complexity index is 721. The molecular weight excluding hydrogens is 310 g/mol. The number of imidazole rings is 1. The molecule has 0 fully saturated rings. The van der Waals surface area contributed by atoms with E-state index in [2.05, 4.69) is 25.1 Å². The van der Waals surface area contributed by atoms with E-state index in [9.17, 15) is 9.90 Å². The predicted octanol–water partition coefficient (Wildman–Crippen LogP) is 0.593. The second kappa shape index (κ2) is 7.04. The molecule has 130 valence electrons. The standard InChI is InChI=1S/C16H23N5O3/c1-3-24-15-9-13(19-20-15)16(23)18-11-4-5-14-12(8-11)17-10(2)21(14)6-7-22/h9,11,22H,3-8H2,1-2H3,(H,18,23)(H,19,20)/t11-/m0/s1. The third-order valence-corrected chi connectivity index (χ3v) is 4.27. The molecule has 0 radical (unpaired) electrons. The summed E-state index contributed by atoms with van der Waals surface area (Å²) in [5.74, 6) is 1.15. The molecule has 0 unspecified atom stereocenters. The zero-order valence-electron chi connectivity index (χ0n) is 14.0. The van der Waals surface area contributed by atoms with Crippen LogP contribution in [0, 0.1) is 6.92 Å². The SMILES string of the molecule is CCOc1cc(C(=O)N[C@H]2CCc3c(nc(C)n3CCO)C2)[nH]n1. The number of ether oxygens (including phenoxy) is 1. The lowest BCUT2D eigenvalue weighted by Gasteiger charge is -2.23. The Morgan fingerprint density at radius 1 is 1.58 bits per heavy atom. The van der Waals surface area contributed by atoms with E-state index in [0.717, 1.165) is 24.4 Å². The quantitative estimate of drug-likeness (QED) is 0.718. The molecule has 0 bridgehead atoms. The summed E-state index contributed by atoms with van der Waals surface area (Å²) in [7, 11) is 0. The lowest BCUT2D eigenvalue weighted by molar-refractivity contribution is 0.0928. The number of carbonyl (C=O) groups is 1. The van der Waals surface area contributed by atoms with Crippen molar-refractivity contribution in [3.05, 3.63) is 29.0 Å². The minimum atomic E-state index is -0.187. The van der Waals surface area contributed by atoms with Gasteiger partial charge in [-0.15, -0.1) is 5.10 Å². The van der Waals surface area contributed by atoms with Crippen LogP contribution in [0.4, 0.5) is 0 Å². The second-order valence-corrected chi connectivity index (χ2v) is 5.89. The van der Waals surface area contributed by atoms with Crippen LogP contribution >= 0.6 is 0 Å². The highest BCUT2D eigenvalue weighted by Crippen LogP contribution is 2.23. The van der Waals surface area contributed by atoms with Gasteiger partial charge in [-0.2, -0.15) is 0 Å². The smallest absolute Gasteiger partial charge is 0.269 e. The van der Waals surface area contributed by atoms with Gasteiger partial charge in [-0.05, 0) is 26.7 Å². The summed E-state index contributed by atoms with van der Waals surface area (Å²) in [6.45, 7) is 4.99. The van der Waals surface area contributed by atoms with Crippen molar-refractivity contribution >= 4 is 5.91 Å². The van der Waals surface area contributed by atoms with Gasteiger partial charge in [-0.1, -0.05) is 0 Å². The first kappa shape index (κ1) is 16.5. The number of amides is 1. The number of hydrogen-bond donors (Lipinski definition) is 3. The minimum absolute atomic E-state index is 0.0423. The Balaban J connectivity index is 1.65. The molecule has 24 heavy (non-hydrogen) atoms. The van der Waals surface area contributed by atoms with Gasteiger partial charge in [-0.3, -0.25) is 9.89 Å². The number of rotatable bonds is 6. The number of aliphatic hydroxyl groups is 1. The minimum Gasteiger partial charge on any atom is -0.477 e. The number of aliphatic hydroxyl groups excluding tert-OH is 1. The molecule has 2 heterocycles. The van der Waals surface area contributed by atoms with Crippen LogP contribution in [0.5, 0.6) is 5.88 Å². The Morgan fingerprint density at radius 3 is 3.17 bits per heavy atom. The van der Waals surface area contributed by atoms with E-state index in [0.29, 0.717) is 31.1 Å². The van der Waals surface area contributed by atoms with Crippen molar-refractivity contribution in [1.82, 2.24) is 25.1 Å². The van der Waals surface area contributed by atoms with Crippen molar-refractivity contribution < 1.29 is 14.6 Å². The van der Waals surface area contributed by atoms with E-state index < -0.39 is 0 Å². The third-order valence-electron chi connectivity index (χ3n) is 4.27. The van der Waals surface area contributed by atoms with Crippen LogP contribution in [0.3, 0.4) is 0 Å². The lowest BCUT2D eigenvalue weighted by atomic mass is 9.95. The van der Waals surface area contributed by atoms with Gasteiger partial charge in [0.1, 0.15) is 11.5 Å². The van der Waals surface area contributed by atoms with Crippen LogP contribution in [0.15, 0.2) is 6.07 Å². The molecule has 8 heteroatoms. The first-order valence-electron chi connectivity index (χ1n) is 8.27. The largest absolute Gasteiger partial charge is 0.477 e. The third kappa shape index (κ3) is 3.28. The van der Waals surface area contributed by atoms with Crippen LogP contribution in [0.25, 0.3) is 0 Å². The Labute approximate surface area is 140 Å². The first-order chi connectivity index (χ1) is 11.6. The van der Waals surface area contributed by atoms with Crippen LogP contribution in [-0.2, 0) is 19.4 Å². The molecule has 3 rings (SSSR count). The number of hydrogen-bond acceptors (Lipinski definition) is 5. The van der Waals surface area contributed by atoms with Crippen molar-refractivity contribution in [2.24, 2.45) is 0 Å². The first-order valence-corrected chi connectivity index (χ1v) is 8.27. The number of aromatic amines is 1. The zero-order valence-corrected chi connectivity index (χ0v) is 14.0. The molecular formula is C16H23N5O3. The molecule has 0 aromatic carbocycles. The van der Waals surface area contributed by atoms with Gasteiger partial charge in [-0.25, -0.2) is 4.98 Å². The van der Waals surface area contributed by atoms with E-state index in [1.165, 1.54) is 5.69 Å². The average molecular weight is 333 g/mol. The summed E-state index contributed by atoms with van der Waals surface area (Å²) in [5, 5.41) is 18.8. The summed E-state index contributed by atoms with van der Waals surface area (Å²) in [5.41, 5.74) is 2.58. The normalized spacial score (nSPS) is 16.7. The molecule has 1 amide bonds. The second-order valence-electron chi connectivity index (χ2n) is 5.89. The number of aryl methyl sites for hydroxylation is 1. The van der Waals surface area contributed by atoms with E-state index in [4.69, 9.17) is 4.74 Å². The van der Waals surface area contributed by atoms with Gasteiger partial charge >= 0.3 is 0 Å². The highest BCUT2D eigenvalue weighted by Gasteiger charge is 2.26. The summed E-state index contributed by atoms with van der Waals surface area (Å²) in [4.78, 5) is 16.9. The van der Waals surface area contributed by atoms with E-state index >= 15 is 0 Å². The fraction of sp³-hybridized carbons (Fsp3) is 0.562. The molecule has 0 spiro atoms. The van der Waals surface area contributed by atoms with Gasteiger partial charge < -0.3 is 19.7 Å². The monoisotopic (exact) mass is 333 g/mol. The topological polar surface area (TPSA) is 105 Å². The van der Waals surface area contributed by atoms with Crippen molar-refractivity contribution in [3.63, 3.8) is 0 Å². The molecule has 2 aromatic rings. The van der Waals surface area contributed by atoms with Crippen LogP contribution in [-0.4, -0.2) is 50.0 Å². The summed E-state index contributed by atoms with van der Waals surface area (Å²) in [6.07, 6.45) is 2.39. The number of nitrogens with one attached hydrogen (secondary N) is 2. The molecule has 3 N–H and O–H groups in total. The van der Waals surface area contributed by atoms with Gasteiger partial charge in [0.05, 0.1) is 18.9 Å². The zero-order chi connectivity index (χ0) is 17.1. The van der Waals surface area contributed by atoms with Crippen LogP contribution in [0.1, 0.15) is 41.0 Å². The number of aromatic nitrogens is 4. The van der Waals surface area contributed by atoms with Crippen LogP contribution < -0.4 is 10.1 Å². The molecule has 1 aliphatic rings. The van der Waals surface area contributed by atoms with Crippen molar-refractivity contribution in [2.45, 2.75) is 45.7 Å². The number of nitrogens with zero attached hydrogens (tertiary/aromatic N) is 3. The van der Waals surface area contributed by atoms with Gasteiger partial charge in [0.15, 0.2) is 0 Å². The highest BCUT2D eigenvalue weighted by molar-refractivity contribution is 5.92. The van der Waals surface area contributed by atoms with Gasteiger partial charge in [0.25, 0.3) is 5.91 Å². The number of carbonyl (C=O) groups excluding carboxylic acids is 1. The lowest BCUT2D eigenvalue weighted by Crippen LogP contribution is -2.39. The molecule has 8 nitrogen and oxygen atoms in total. The fourth-order valence-corrected chi connectivity index (χ4v) is 3.19. The summed E-state index contributed by atoms with van der Waals surface area (Å²) < 4.78 is 7.32. The van der Waals surface area contributed by atoms with E-state index in [1.54, 1.807) is 6.07 Å².